The summed E-state index contributed by atoms with van der Waals surface area (Å²) in [4.78, 5) is 41.5. The van der Waals surface area contributed by atoms with E-state index in [1.807, 2.05) is 0 Å². The quantitative estimate of drug-likeness (QED) is 0.353. The molecule has 0 aliphatic heterocycles. The summed E-state index contributed by atoms with van der Waals surface area (Å²) in [5, 5.41) is 5.40. The van der Waals surface area contributed by atoms with Crippen molar-refractivity contribution in [1.82, 2.24) is 25.3 Å². The number of nitrogens with zero attached hydrogens (tertiary/aromatic N) is 4. The molecule has 4 aromatic rings. The predicted molar refractivity (Wildman–Crippen MR) is 123 cm³/mol. The van der Waals surface area contributed by atoms with Gasteiger partial charge in [-0.05, 0) is 43.3 Å². The molecule has 0 aliphatic rings. The van der Waals surface area contributed by atoms with Crippen LogP contribution in [0.4, 0.5) is 23.2 Å². The number of halogens is 4. The molecular formula is C23H16F4N6O2S. The molecule has 2 N–H and O–H groups in total. The third kappa shape index (κ3) is 5.68. The van der Waals surface area contributed by atoms with Crippen LogP contribution in [0.25, 0.3) is 11.3 Å². The normalized spacial score (nSPS) is 12.1. The smallest absolute Gasteiger partial charge is 0.342 e. The molecular weight excluding hydrogens is 500 g/mol. The van der Waals surface area contributed by atoms with Gasteiger partial charge in [-0.2, -0.15) is 13.2 Å². The van der Waals surface area contributed by atoms with Crippen LogP contribution >= 0.6 is 11.3 Å². The summed E-state index contributed by atoms with van der Waals surface area (Å²) in [7, 11) is 0. The average molecular weight is 516 g/mol. The number of aromatic nitrogens is 4. The van der Waals surface area contributed by atoms with E-state index in [1.165, 1.54) is 18.6 Å². The van der Waals surface area contributed by atoms with E-state index in [0.29, 0.717) is 28.4 Å². The maximum absolute atomic E-state index is 13.5. The Morgan fingerprint density at radius 2 is 1.83 bits per heavy atom. The molecule has 1 aromatic carbocycles. The second kappa shape index (κ2) is 10.2. The number of anilines is 1. The summed E-state index contributed by atoms with van der Waals surface area (Å²) >= 11 is 0.943. The van der Waals surface area contributed by atoms with Crippen LogP contribution in [0, 0.1) is 5.82 Å². The van der Waals surface area contributed by atoms with Gasteiger partial charge >= 0.3 is 6.18 Å². The molecule has 4 rings (SSSR count). The van der Waals surface area contributed by atoms with Crippen molar-refractivity contribution in [2.75, 3.05) is 5.32 Å². The van der Waals surface area contributed by atoms with E-state index in [-0.39, 0.29) is 16.3 Å². The first-order chi connectivity index (χ1) is 17.1. The average Bonchev–Trinajstić information content (AvgIpc) is 3.36. The minimum Gasteiger partial charge on any atom is -0.342 e. The largest absolute Gasteiger partial charge is 0.419 e. The van der Waals surface area contributed by atoms with Crippen molar-refractivity contribution < 1.29 is 27.2 Å². The summed E-state index contributed by atoms with van der Waals surface area (Å²) in [6, 6.07) is 6.59. The number of thiazole rings is 1. The van der Waals surface area contributed by atoms with Gasteiger partial charge in [0, 0.05) is 23.6 Å². The van der Waals surface area contributed by atoms with Crippen molar-refractivity contribution in [2.45, 2.75) is 19.1 Å². The summed E-state index contributed by atoms with van der Waals surface area (Å²) in [6.07, 6.45) is 0.802. The molecule has 36 heavy (non-hydrogen) atoms. The molecule has 13 heteroatoms. The number of alkyl halides is 3. The van der Waals surface area contributed by atoms with Gasteiger partial charge in [0.05, 0.1) is 23.5 Å². The highest BCUT2D eigenvalue weighted by molar-refractivity contribution is 7.13. The zero-order chi connectivity index (χ0) is 25.9. The van der Waals surface area contributed by atoms with Crippen LogP contribution in [0.1, 0.15) is 43.7 Å². The number of hydrogen-bond donors (Lipinski definition) is 2. The Labute approximate surface area is 205 Å². The highest BCUT2D eigenvalue weighted by Crippen LogP contribution is 2.33. The van der Waals surface area contributed by atoms with Crippen LogP contribution in [0.3, 0.4) is 0 Å². The number of benzene rings is 1. The minimum absolute atomic E-state index is 0.0879. The van der Waals surface area contributed by atoms with Crippen LogP contribution in [0.15, 0.2) is 61.3 Å². The van der Waals surface area contributed by atoms with Crippen molar-refractivity contribution in [3.63, 3.8) is 0 Å². The number of rotatable bonds is 6. The second-order valence-corrected chi connectivity index (χ2v) is 8.50. The Bertz CT molecular complexity index is 1410. The molecule has 0 radical (unpaired) electrons. The van der Waals surface area contributed by atoms with Gasteiger partial charge in [-0.15, -0.1) is 11.3 Å². The summed E-state index contributed by atoms with van der Waals surface area (Å²) in [6.45, 7) is 1.65. The number of pyridine rings is 1. The Hall–Kier alpha value is -4.26. The van der Waals surface area contributed by atoms with Crippen LogP contribution in [0.5, 0.6) is 0 Å². The number of amides is 2. The maximum atomic E-state index is 13.5. The molecule has 0 saturated carbocycles. The molecule has 0 saturated heterocycles. The fraction of sp³-hybridized carbons (Fsp3) is 0.130. The Kier molecular flexibility index (Phi) is 7.01. The number of nitrogens with one attached hydrogen (secondary N) is 2. The summed E-state index contributed by atoms with van der Waals surface area (Å²) in [5.74, 6) is -2.67. The highest BCUT2D eigenvalue weighted by atomic mass is 32.1. The van der Waals surface area contributed by atoms with Crippen molar-refractivity contribution in [3.8, 4) is 11.3 Å². The Morgan fingerprint density at radius 1 is 1.03 bits per heavy atom. The number of carbonyl (C=O) groups is 2. The molecule has 0 fully saturated rings. The van der Waals surface area contributed by atoms with E-state index in [0.717, 1.165) is 17.4 Å². The van der Waals surface area contributed by atoms with Crippen LogP contribution in [-0.4, -0.2) is 31.8 Å². The molecule has 184 valence electrons. The zero-order valence-electron chi connectivity index (χ0n) is 18.4. The van der Waals surface area contributed by atoms with Crippen molar-refractivity contribution >= 4 is 28.8 Å². The lowest BCUT2D eigenvalue weighted by molar-refractivity contribution is -0.139. The number of hydrogen-bond acceptors (Lipinski definition) is 7. The lowest BCUT2D eigenvalue weighted by Crippen LogP contribution is -2.27. The molecule has 1 unspecified atom stereocenters. The zero-order valence-corrected chi connectivity index (χ0v) is 19.2. The topological polar surface area (TPSA) is 110 Å². The third-order valence-corrected chi connectivity index (χ3v) is 6.03. The first-order valence-electron chi connectivity index (χ1n) is 10.3. The predicted octanol–water partition coefficient (Wildman–Crippen LogP) is 4.90. The van der Waals surface area contributed by atoms with E-state index < -0.39 is 35.4 Å². The molecule has 0 aliphatic carbocycles. The van der Waals surface area contributed by atoms with E-state index in [2.05, 4.69) is 30.6 Å². The first kappa shape index (κ1) is 24.9. The second-order valence-electron chi connectivity index (χ2n) is 7.43. The van der Waals surface area contributed by atoms with E-state index in [9.17, 15) is 27.2 Å². The Morgan fingerprint density at radius 3 is 2.56 bits per heavy atom. The van der Waals surface area contributed by atoms with Gasteiger partial charge in [0.25, 0.3) is 11.8 Å². The van der Waals surface area contributed by atoms with Gasteiger partial charge < -0.3 is 10.6 Å². The lowest BCUT2D eigenvalue weighted by atomic mass is 10.2. The fourth-order valence-corrected chi connectivity index (χ4v) is 3.91. The SMILES string of the molecule is CC(NC(=O)c1cc(-c2cccnc2)ncn1)c1ncc(C(=O)Nc2ccc(F)c(C(F)(F)F)c2)s1. The van der Waals surface area contributed by atoms with Crippen molar-refractivity contribution in [2.24, 2.45) is 0 Å². The molecule has 3 heterocycles. The molecule has 2 amide bonds. The standard InChI is InChI=1S/C23H16F4N6O2S/c1-12(32-20(34)18-8-17(30-11-31-18)13-3-2-6-28-9-13)22-29-10-19(36-22)21(35)33-14-4-5-16(24)15(7-14)23(25,26)27/h2-12H,1H3,(H,32,34)(H,33,35). The minimum atomic E-state index is -4.90. The van der Waals surface area contributed by atoms with Crippen LogP contribution < -0.4 is 10.6 Å². The van der Waals surface area contributed by atoms with Gasteiger partial charge in [0.2, 0.25) is 0 Å². The van der Waals surface area contributed by atoms with Gasteiger partial charge in [-0.3, -0.25) is 14.6 Å². The summed E-state index contributed by atoms with van der Waals surface area (Å²) in [5.41, 5.74) is -0.377. The van der Waals surface area contributed by atoms with Gasteiger partial charge in [-0.1, -0.05) is 0 Å². The lowest BCUT2D eigenvalue weighted by Gasteiger charge is -2.11. The van der Waals surface area contributed by atoms with Gasteiger partial charge in [-0.25, -0.2) is 19.3 Å². The van der Waals surface area contributed by atoms with Crippen LogP contribution in [0.2, 0.25) is 0 Å². The van der Waals surface area contributed by atoms with E-state index in [1.54, 1.807) is 31.5 Å². The van der Waals surface area contributed by atoms with E-state index >= 15 is 0 Å². The first-order valence-corrected chi connectivity index (χ1v) is 11.1. The van der Waals surface area contributed by atoms with E-state index in [4.69, 9.17) is 0 Å². The maximum Gasteiger partial charge on any atom is 0.419 e. The summed E-state index contributed by atoms with van der Waals surface area (Å²) < 4.78 is 52.2. The van der Waals surface area contributed by atoms with Gasteiger partial charge in [0.1, 0.15) is 27.7 Å². The highest BCUT2D eigenvalue weighted by Gasteiger charge is 2.34. The van der Waals surface area contributed by atoms with Gasteiger partial charge in [0.15, 0.2) is 0 Å². The van der Waals surface area contributed by atoms with Crippen molar-refractivity contribution in [1.29, 1.82) is 0 Å². The monoisotopic (exact) mass is 516 g/mol. The third-order valence-electron chi connectivity index (χ3n) is 4.85. The van der Waals surface area contributed by atoms with Crippen molar-refractivity contribution in [3.05, 3.63) is 88.3 Å². The molecule has 1 atom stereocenters. The molecule has 3 aromatic heterocycles. The molecule has 8 nitrogen and oxygen atoms in total. The molecule has 0 spiro atoms. The fourth-order valence-electron chi connectivity index (χ4n) is 3.09. The molecule has 0 bridgehead atoms. The van der Waals surface area contributed by atoms with Crippen LogP contribution in [-0.2, 0) is 6.18 Å². The number of carbonyl (C=O) groups excluding carboxylic acids is 2. The Balaban J connectivity index is 1.43.